The molecule has 0 radical (unpaired) electrons. The number of halogens is 1. The summed E-state index contributed by atoms with van der Waals surface area (Å²) in [6.45, 7) is 7.30. The highest BCUT2D eigenvalue weighted by Crippen LogP contribution is 2.34. The summed E-state index contributed by atoms with van der Waals surface area (Å²) in [5.41, 5.74) is 3.30. The van der Waals surface area contributed by atoms with Crippen molar-refractivity contribution in [3.05, 3.63) is 52.8 Å². The van der Waals surface area contributed by atoms with E-state index in [1.165, 1.54) is 6.07 Å². The van der Waals surface area contributed by atoms with Crippen molar-refractivity contribution >= 4 is 17.2 Å². The highest BCUT2D eigenvalue weighted by molar-refractivity contribution is 5.78. The zero-order valence-corrected chi connectivity index (χ0v) is 19.7. The van der Waals surface area contributed by atoms with Gasteiger partial charge in [-0.3, -0.25) is 0 Å². The zero-order chi connectivity index (χ0) is 25.1. The lowest BCUT2D eigenvalue weighted by molar-refractivity contribution is -0.139. The molecule has 1 N–H and O–H groups in total. The number of aromatic nitrogens is 3. The van der Waals surface area contributed by atoms with Crippen molar-refractivity contribution in [2.75, 3.05) is 13.2 Å². The summed E-state index contributed by atoms with van der Waals surface area (Å²) < 4.78 is 36.9. The Morgan fingerprint density at radius 3 is 2.49 bits per heavy atom. The van der Waals surface area contributed by atoms with Crippen LogP contribution in [0, 0.1) is 26.6 Å². The molecule has 0 amide bonds. The van der Waals surface area contributed by atoms with Crippen LogP contribution in [0.2, 0.25) is 0 Å². The molecule has 0 saturated carbocycles. The first kappa shape index (κ1) is 23.9. The van der Waals surface area contributed by atoms with Crippen molar-refractivity contribution in [3.63, 3.8) is 0 Å². The van der Waals surface area contributed by atoms with E-state index in [1.54, 1.807) is 38.1 Å². The van der Waals surface area contributed by atoms with Gasteiger partial charge in [0.05, 0.1) is 6.61 Å². The number of hydrogen-bond donors (Lipinski definition) is 1. The average Bonchev–Trinajstić information content (AvgIpc) is 3.23. The van der Waals surface area contributed by atoms with Gasteiger partial charge in [-0.15, -0.1) is 0 Å². The largest absolute Gasteiger partial charge is 0.481 e. The van der Waals surface area contributed by atoms with Gasteiger partial charge in [0.15, 0.2) is 23.7 Å². The smallest absolute Gasteiger partial charge is 0.341 e. The van der Waals surface area contributed by atoms with Gasteiger partial charge in [0, 0.05) is 5.56 Å². The van der Waals surface area contributed by atoms with Crippen LogP contribution in [0.5, 0.6) is 23.4 Å². The third-order valence-corrected chi connectivity index (χ3v) is 4.98. The molecule has 182 valence electrons. The van der Waals surface area contributed by atoms with Gasteiger partial charge in [-0.1, -0.05) is 13.0 Å². The van der Waals surface area contributed by atoms with Crippen molar-refractivity contribution in [3.8, 4) is 34.8 Å². The maximum atomic E-state index is 14.2. The van der Waals surface area contributed by atoms with Gasteiger partial charge in [0.2, 0.25) is 5.89 Å². The molecule has 4 aromatic rings. The molecule has 4 rings (SSSR count). The minimum absolute atomic E-state index is 0.0197. The van der Waals surface area contributed by atoms with Gasteiger partial charge < -0.3 is 23.7 Å². The highest BCUT2D eigenvalue weighted by atomic mass is 19.1. The number of benzene rings is 2. The summed E-state index contributed by atoms with van der Waals surface area (Å²) in [6.07, 6.45) is 0.731. The Bertz CT molecular complexity index is 1380. The van der Waals surface area contributed by atoms with Crippen molar-refractivity contribution in [1.82, 2.24) is 15.0 Å². The number of nitrogens with zero attached hydrogens (tertiary/aromatic N) is 3. The Kier molecular flexibility index (Phi) is 6.81. The van der Waals surface area contributed by atoms with E-state index < -0.39 is 18.4 Å². The molecule has 0 fully saturated rings. The lowest BCUT2D eigenvalue weighted by Gasteiger charge is -2.11. The van der Waals surface area contributed by atoms with Crippen LogP contribution in [-0.2, 0) is 4.79 Å². The maximum Gasteiger partial charge on any atom is 0.341 e. The van der Waals surface area contributed by atoms with E-state index in [4.69, 9.17) is 23.7 Å². The summed E-state index contributed by atoms with van der Waals surface area (Å²) >= 11 is 0. The van der Waals surface area contributed by atoms with Crippen LogP contribution in [0.3, 0.4) is 0 Å². The van der Waals surface area contributed by atoms with Gasteiger partial charge in [-0.05, 0) is 68.1 Å². The Morgan fingerprint density at radius 2 is 1.80 bits per heavy atom. The molecule has 0 unspecified atom stereocenters. The van der Waals surface area contributed by atoms with E-state index in [1.807, 2.05) is 13.8 Å². The van der Waals surface area contributed by atoms with Crippen LogP contribution in [0.4, 0.5) is 4.39 Å². The topological polar surface area (TPSA) is 117 Å². The molecule has 10 heteroatoms. The van der Waals surface area contributed by atoms with Gasteiger partial charge >= 0.3 is 12.0 Å². The number of rotatable bonds is 9. The number of aliphatic carboxylic acids is 1. The van der Waals surface area contributed by atoms with E-state index in [2.05, 4.69) is 15.0 Å². The lowest BCUT2D eigenvalue weighted by Crippen LogP contribution is -2.10. The summed E-state index contributed by atoms with van der Waals surface area (Å²) in [5, 5.41) is 8.90. The summed E-state index contributed by atoms with van der Waals surface area (Å²) in [7, 11) is 0. The molecule has 2 heterocycles. The molecule has 0 aliphatic carbocycles. The third-order valence-electron chi connectivity index (χ3n) is 4.98. The Balaban J connectivity index is 1.74. The van der Waals surface area contributed by atoms with Crippen LogP contribution in [0.15, 0.2) is 34.7 Å². The van der Waals surface area contributed by atoms with Gasteiger partial charge in [-0.25, -0.2) is 14.2 Å². The molecule has 0 atom stereocenters. The van der Waals surface area contributed by atoms with Crippen LogP contribution >= 0.6 is 0 Å². The normalized spacial score (nSPS) is 11.0. The zero-order valence-electron chi connectivity index (χ0n) is 19.7. The molecule has 0 spiro atoms. The number of oxazole rings is 1. The molecule has 35 heavy (non-hydrogen) atoms. The fraction of sp³-hybridized carbons (Fsp3) is 0.280. The number of fused-ring (bicyclic) bond motifs is 1. The van der Waals surface area contributed by atoms with Crippen LogP contribution in [-0.4, -0.2) is 39.2 Å². The van der Waals surface area contributed by atoms with Gasteiger partial charge in [0.25, 0.3) is 11.6 Å². The second-order valence-electron chi connectivity index (χ2n) is 7.99. The SMILES string of the molecule is CCCOc1nc(Oc2cc(C)ccc2F)nc2oc(-c3cc(C)c(OCC(=O)O)c(C)c3)nc12. The highest BCUT2D eigenvalue weighted by Gasteiger charge is 2.20. The van der Waals surface area contributed by atoms with Crippen LogP contribution < -0.4 is 14.2 Å². The number of carboxylic acids is 1. The van der Waals surface area contributed by atoms with E-state index in [0.717, 1.165) is 23.1 Å². The lowest BCUT2D eigenvalue weighted by atomic mass is 10.1. The standard InChI is InChI=1S/C25H24FN3O6/c1-5-8-32-23-20-24(29-25(28-23)34-18-9-13(2)6-7-17(18)26)35-22(27-20)16-10-14(3)21(15(4)11-16)33-12-19(30)31/h6-7,9-11H,5,8,12H2,1-4H3,(H,30,31). The minimum atomic E-state index is -1.06. The number of hydrogen-bond acceptors (Lipinski definition) is 8. The van der Waals surface area contributed by atoms with E-state index in [0.29, 0.717) is 23.4 Å². The molecule has 9 nitrogen and oxygen atoms in total. The second-order valence-corrected chi connectivity index (χ2v) is 7.99. The number of aryl methyl sites for hydroxylation is 3. The molecule has 2 aromatic carbocycles. The molecule has 0 saturated heterocycles. The molecule has 0 aliphatic rings. The second kappa shape index (κ2) is 9.96. The summed E-state index contributed by atoms with van der Waals surface area (Å²) in [5.74, 6) is -0.739. The average molecular weight is 481 g/mol. The first-order valence-corrected chi connectivity index (χ1v) is 11.0. The predicted molar refractivity (Wildman–Crippen MR) is 125 cm³/mol. The van der Waals surface area contributed by atoms with Crippen molar-refractivity contribution < 1.29 is 32.9 Å². The van der Waals surface area contributed by atoms with Crippen molar-refractivity contribution in [1.29, 1.82) is 0 Å². The molecule has 0 aliphatic heterocycles. The molecular formula is C25H24FN3O6. The third kappa shape index (κ3) is 5.32. The van der Waals surface area contributed by atoms with E-state index in [9.17, 15) is 9.18 Å². The summed E-state index contributed by atoms with van der Waals surface area (Å²) in [4.78, 5) is 23.9. The van der Waals surface area contributed by atoms with E-state index in [-0.39, 0.29) is 29.2 Å². The summed E-state index contributed by atoms with van der Waals surface area (Å²) in [6, 6.07) is 7.88. The van der Waals surface area contributed by atoms with Gasteiger partial charge in [-0.2, -0.15) is 9.97 Å². The fourth-order valence-corrected chi connectivity index (χ4v) is 3.47. The quantitative estimate of drug-likeness (QED) is 0.335. The first-order valence-electron chi connectivity index (χ1n) is 11.0. The first-order chi connectivity index (χ1) is 16.7. The number of carbonyl (C=O) groups is 1. The minimum Gasteiger partial charge on any atom is -0.481 e. The number of ether oxygens (including phenoxy) is 3. The predicted octanol–water partition coefficient (Wildman–Crippen LogP) is 5.39. The molecule has 0 bridgehead atoms. The Labute approximate surface area is 200 Å². The maximum absolute atomic E-state index is 14.2. The van der Waals surface area contributed by atoms with E-state index >= 15 is 0 Å². The molecular weight excluding hydrogens is 457 g/mol. The Morgan fingerprint density at radius 1 is 1.06 bits per heavy atom. The Hall–Kier alpha value is -4.21. The van der Waals surface area contributed by atoms with Crippen molar-refractivity contribution in [2.45, 2.75) is 34.1 Å². The molecule has 2 aromatic heterocycles. The van der Waals surface area contributed by atoms with Crippen molar-refractivity contribution in [2.24, 2.45) is 0 Å². The number of carboxylic acid groups (broad SMARTS) is 1. The van der Waals surface area contributed by atoms with Gasteiger partial charge in [0.1, 0.15) is 5.75 Å². The fourth-order valence-electron chi connectivity index (χ4n) is 3.47. The van der Waals surface area contributed by atoms with Crippen LogP contribution in [0.1, 0.15) is 30.0 Å². The monoisotopic (exact) mass is 481 g/mol. The van der Waals surface area contributed by atoms with Crippen LogP contribution in [0.25, 0.3) is 22.7 Å².